The number of benzene rings is 3. The molecule has 0 aromatic heterocycles. The van der Waals surface area contributed by atoms with E-state index in [1.54, 1.807) is 24.3 Å². The van der Waals surface area contributed by atoms with Crippen LogP contribution in [0.25, 0.3) is 11.1 Å². The number of aldehydes is 1. The van der Waals surface area contributed by atoms with Crippen molar-refractivity contribution in [2.75, 3.05) is 0 Å². The first-order valence-electron chi connectivity index (χ1n) is 9.29. The van der Waals surface area contributed by atoms with Crippen LogP contribution in [0.1, 0.15) is 36.7 Å². The summed E-state index contributed by atoms with van der Waals surface area (Å²) in [5.41, 5.74) is 2.76. The fourth-order valence-corrected chi connectivity index (χ4v) is 2.90. The maximum Gasteiger partial charge on any atom is 0.573 e. The van der Waals surface area contributed by atoms with Crippen LogP contribution in [0.2, 0.25) is 0 Å². The van der Waals surface area contributed by atoms with Gasteiger partial charge in [0.25, 0.3) is 0 Å². The standard InChI is InChI=1S/C24H21F3O3/c1-23(2,3)19-5-4-6-21(14-19)29-22-13-17(7-8-18(22)15-28)16-9-11-20(12-10-16)30-24(25,26)27/h4-15H,1-3H3. The van der Waals surface area contributed by atoms with Crippen molar-refractivity contribution in [1.29, 1.82) is 0 Å². The molecule has 3 aromatic carbocycles. The molecule has 0 bridgehead atoms. The van der Waals surface area contributed by atoms with Crippen LogP contribution in [0.4, 0.5) is 13.2 Å². The zero-order valence-electron chi connectivity index (χ0n) is 16.8. The SMILES string of the molecule is CC(C)(C)c1cccc(Oc2cc(-c3ccc(OC(F)(F)F)cc3)ccc2C=O)c1. The topological polar surface area (TPSA) is 35.5 Å². The summed E-state index contributed by atoms with van der Waals surface area (Å²) in [7, 11) is 0. The zero-order valence-corrected chi connectivity index (χ0v) is 16.8. The van der Waals surface area contributed by atoms with Gasteiger partial charge in [-0.25, -0.2) is 0 Å². The first-order valence-corrected chi connectivity index (χ1v) is 9.29. The van der Waals surface area contributed by atoms with E-state index in [4.69, 9.17) is 4.74 Å². The zero-order chi connectivity index (χ0) is 21.9. The number of carbonyl (C=O) groups excluding carboxylic acids is 1. The minimum absolute atomic E-state index is 0.0606. The Morgan fingerprint density at radius 3 is 2.07 bits per heavy atom. The van der Waals surface area contributed by atoms with Gasteiger partial charge < -0.3 is 9.47 Å². The molecule has 0 fully saturated rings. The Morgan fingerprint density at radius 1 is 0.800 bits per heavy atom. The van der Waals surface area contributed by atoms with Crippen molar-refractivity contribution in [3.05, 3.63) is 77.9 Å². The lowest BCUT2D eigenvalue weighted by Crippen LogP contribution is -2.16. The molecule has 0 aliphatic carbocycles. The number of hydrogen-bond donors (Lipinski definition) is 0. The Bertz CT molecular complexity index is 1030. The van der Waals surface area contributed by atoms with Crippen LogP contribution in [0, 0.1) is 0 Å². The Balaban J connectivity index is 1.90. The summed E-state index contributed by atoms with van der Waals surface area (Å²) < 4.78 is 46.9. The summed E-state index contributed by atoms with van der Waals surface area (Å²) in [5.74, 6) is 0.659. The van der Waals surface area contributed by atoms with Gasteiger partial charge in [-0.2, -0.15) is 0 Å². The molecule has 0 atom stereocenters. The molecule has 3 rings (SSSR count). The van der Waals surface area contributed by atoms with E-state index in [2.05, 4.69) is 25.5 Å². The first-order chi connectivity index (χ1) is 14.0. The summed E-state index contributed by atoms with van der Waals surface area (Å²) in [4.78, 5) is 11.5. The van der Waals surface area contributed by atoms with E-state index in [1.807, 2.05) is 18.2 Å². The molecule has 0 aliphatic rings. The van der Waals surface area contributed by atoms with Crippen LogP contribution in [0.5, 0.6) is 17.2 Å². The van der Waals surface area contributed by atoms with E-state index in [1.165, 1.54) is 24.3 Å². The number of halogens is 3. The summed E-state index contributed by atoms with van der Waals surface area (Å²) in [5, 5.41) is 0. The van der Waals surface area contributed by atoms with Crippen molar-refractivity contribution in [1.82, 2.24) is 0 Å². The first kappa shape index (κ1) is 21.4. The average molecular weight is 414 g/mol. The van der Waals surface area contributed by atoms with Crippen LogP contribution >= 0.6 is 0 Å². The van der Waals surface area contributed by atoms with Gasteiger partial charge >= 0.3 is 6.36 Å². The highest BCUT2D eigenvalue weighted by atomic mass is 19.4. The van der Waals surface area contributed by atoms with E-state index < -0.39 is 6.36 Å². The second kappa shape index (κ2) is 8.22. The maximum absolute atomic E-state index is 12.3. The van der Waals surface area contributed by atoms with E-state index in [0.29, 0.717) is 34.5 Å². The Labute approximate surface area is 173 Å². The van der Waals surface area contributed by atoms with Crippen LogP contribution in [-0.4, -0.2) is 12.6 Å². The van der Waals surface area contributed by atoms with Crippen molar-refractivity contribution >= 4 is 6.29 Å². The van der Waals surface area contributed by atoms with E-state index >= 15 is 0 Å². The smallest absolute Gasteiger partial charge is 0.457 e. The summed E-state index contributed by atoms with van der Waals surface area (Å²) in [6, 6.07) is 18.1. The molecule has 30 heavy (non-hydrogen) atoms. The van der Waals surface area contributed by atoms with Gasteiger partial charge in [-0.1, -0.05) is 51.1 Å². The van der Waals surface area contributed by atoms with Crippen molar-refractivity contribution in [2.45, 2.75) is 32.5 Å². The molecule has 0 spiro atoms. The molecule has 0 radical (unpaired) electrons. The largest absolute Gasteiger partial charge is 0.573 e. The molecule has 0 aliphatic heterocycles. The Kier molecular flexibility index (Phi) is 5.87. The second-order valence-corrected chi connectivity index (χ2v) is 7.82. The molecule has 0 saturated heterocycles. The van der Waals surface area contributed by atoms with Crippen LogP contribution in [0.3, 0.4) is 0 Å². The van der Waals surface area contributed by atoms with Gasteiger partial charge in [0.2, 0.25) is 0 Å². The lowest BCUT2D eigenvalue weighted by molar-refractivity contribution is -0.274. The number of ether oxygens (including phenoxy) is 2. The van der Waals surface area contributed by atoms with E-state index in [-0.39, 0.29) is 11.2 Å². The molecular formula is C24H21F3O3. The molecule has 0 amide bonds. The highest BCUT2D eigenvalue weighted by Gasteiger charge is 2.31. The predicted octanol–water partition coefficient (Wildman–Crippen LogP) is 7.15. The summed E-state index contributed by atoms with van der Waals surface area (Å²) in [6.45, 7) is 6.28. The minimum Gasteiger partial charge on any atom is -0.457 e. The minimum atomic E-state index is -4.74. The quantitative estimate of drug-likeness (QED) is 0.416. The van der Waals surface area contributed by atoms with Crippen LogP contribution < -0.4 is 9.47 Å². The Morgan fingerprint density at radius 2 is 1.47 bits per heavy atom. The van der Waals surface area contributed by atoms with Crippen molar-refractivity contribution in [3.63, 3.8) is 0 Å². The highest BCUT2D eigenvalue weighted by molar-refractivity contribution is 5.82. The van der Waals surface area contributed by atoms with Gasteiger partial charge in [-0.3, -0.25) is 4.79 Å². The monoisotopic (exact) mass is 414 g/mol. The third-order valence-corrected chi connectivity index (χ3v) is 4.49. The van der Waals surface area contributed by atoms with Gasteiger partial charge in [-0.15, -0.1) is 13.2 Å². The molecule has 0 N–H and O–H groups in total. The van der Waals surface area contributed by atoms with Gasteiger partial charge in [0.05, 0.1) is 5.56 Å². The van der Waals surface area contributed by atoms with Crippen molar-refractivity contribution in [2.24, 2.45) is 0 Å². The summed E-state index contributed by atoms with van der Waals surface area (Å²) >= 11 is 0. The molecule has 156 valence electrons. The van der Waals surface area contributed by atoms with Gasteiger partial charge in [-0.05, 0) is 58.5 Å². The number of rotatable bonds is 5. The molecular weight excluding hydrogens is 393 g/mol. The summed E-state index contributed by atoms with van der Waals surface area (Å²) in [6.07, 6.45) is -4.04. The van der Waals surface area contributed by atoms with E-state index in [0.717, 1.165) is 5.56 Å². The van der Waals surface area contributed by atoms with Gasteiger partial charge in [0, 0.05) is 0 Å². The fraction of sp³-hybridized carbons (Fsp3) is 0.208. The normalized spacial score (nSPS) is 11.8. The maximum atomic E-state index is 12.3. The highest BCUT2D eigenvalue weighted by Crippen LogP contribution is 2.33. The Hall–Kier alpha value is -3.28. The van der Waals surface area contributed by atoms with Gasteiger partial charge in [0.15, 0.2) is 6.29 Å². The number of hydrogen-bond acceptors (Lipinski definition) is 3. The third-order valence-electron chi connectivity index (χ3n) is 4.49. The second-order valence-electron chi connectivity index (χ2n) is 7.82. The third kappa shape index (κ3) is 5.41. The lowest BCUT2D eigenvalue weighted by atomic mass is 9.87. The molecule has 0 saturated carbocycles. The van der Waals surface area contributed by atoms with Crippen LogP contribution in [0.15, 0.2) is 66.7 Å². The van der Waals surface area contributed by atoms with Crippen molar-refractivity contribution < 1.29 is 27.4 Å². The molecule has 0 unspecified atom stereocenters. The molecule has 3 aromatic rings. The number of carbonyl (C=O) groups is 1. The fourth-order valence-electron chi connectivity index (χ4n) is 2.90. The average Bonchev–Trinajstić information content (AvgIpc) is 2.67. The lowest BCUT2D eigenvalue weighted by Gasteiger charge is -2.20. The molecule has 0 heterocycles. The van der Waals surface area contributed by atoms with Gasteiger partial charge in [0.1, 0.15) is 17.2 Å². The van der Waals surface area contributed by atoms with Crippen LogP contribution in [-0.2, 0) is 5.41 Å². The molecule has 6 heteroatoms. The predicted molar refractivity (Wildman–Crippen MR) is 109 cm³/mol. The van der Waals surface area contributed by atoms with E-state index in [9.17, 15) is 18.0 Å². The molecule has 3 nitrogen and oxygen atoms in total. The number of alkyl halides is 3. The van der Waals surface area contributed by atoms with Crippen molar-refractivity contribution in [3.8, 4) is 28.4 Å².